The third-order valence-electron chi connectivity index (χ3n) is 2.80. The zero-order chi connectivity index (χ0) is 9.68. The minimum atomic E-state index is 0.206. The standard InChI is InChI=1S/C10H19NOS/c1-2-9-6-4-3-5-7-11(9)10(12)8-13/h9,13H,2-8H2,1H3. The van der Waals surface area contributed by atoms with E-state index in [2.05, 4.69) is 19.6 Å². The van der Waals surface area contributed by atoms with Crippen LogP contribution in [-0.4, -0.2) is 29.1 Å². The summed E-state index contributed by atoms with van der Waals surface area (Å²) < 4.78 is 0. The van der Waals surface area contributed by atoms with Crippen LogP contribution >= 0.6 is 12.6 Å². The summed E-state index contributed by atoms with van der Waals surface area (Å²) >= 11 is 4.05. The third-order valence-corrected chi connectivity index (χ3v) is 3.07. The summed E-state index contributed by atoms with van der Waals surface area (Å²) in [7, 11) is 0. The fraction of sp³-hybridized carbons (Fsp3) is 0.900. The second-order valence-corrected chi connectivity index (χ2v) is 3.97. The molecular weight excluding hydrogens is 182 g/mol. The highest BCUT2D eigenvalue weighted by molar-refractivity contribution is 7.81. The Balaban J connectivity index is 2.58. The molecule has 1 saturated heterocycles. The van der Waals surface area contributed by atoms with Crippen LogP contribution in [0.3, 0.4) is 0 Å². The maximum absolute atomic E-state index is 11.5. The van der Waals surface area contributed by atoms with Crippen molar-refractivity contribution in [1.82, 2.24) is 4.90 Å². The molecular formula is C10H19NOS. The van der Waals surface area contributed by atoms with Crippen LogP contribution in [0.1, 0.15) is 39.0 Å². The number of thiol groups is 1. The molecule has 0 aromatic carbocycles. The van der Waals surface area contributed by atoms with Gasteiger partial charge < -0.3 is 4.90 Å². The number of nitrogens with zero attached hydrogens (tertiary/aromatic N) is 1. The molecule has 13 heavy (non-hydrogen) atoms. The molecule has 2 nitrogen and oxygen atoms in total. The fourth-order valence-electron chi connectivity index (χ4n) is 2.02. The van der Waals surface area contributed by atoms with E-state index in [0.29, 0.717) is 11.8 Å². The van der Waals surface area contributed by atoms with Crippen molar-refractivity contribution in [2.24, 2.45) is 0 Å². The molecule has 1 atom stereocenters. The van der Waals surface area contributed by atoms with Crippen molar-refractivity contribution in [3.8, 4) is 0 Å². The van der Waals surface area contributed by atoms with Crippen LogP contribution in [0.5, 0.6) is 0 Å². The van der Waals surface area contributed by atoms with E-state index in [-0.39, 0.29) is 5.91 Å². The predicted molar refractivity (Wildman–Crippen MR) is 58.1 cm³/mol. The molecule has 0 N–H and O–H groups in total. The van der Waals surface area contributed by atoms with E-state index in [9.17, 15) is 4.79 Å². The number of amides is 1. The van der Waals surface area contributed by atoms with Gasteiger partial charge in [0, 0.05) is 12.6 Å². The Hall–Kier alpha value is -0.180. The van der Waals surface area contributed by atoms with Gasteiger partial charge in [0.25, 0.3) is 0 Å². The second kappa shape index (κ2) is 5.53. The largest absolute Gasteiger partial charge is 0.339 e. The molecule has 1 aliphatic heterocycles. The Morgan fingerprint density at radius 3 is 2.85 bits per heavy atom. The van der Waals surface area contributed by atoms with Crippen LogP contribution in [0.25, 0.3) is 0 Å². The molecule has 0 bridgehead atoms. The van der Waals surface area contributed by atoms with Gasteiger partial charge in [0.15, 0.2) is 0 Å². The second-order valence-electron chi connectivity index (χ2n) is 3.66. The van der Waals surface area contributed by atoms with E-state index in [0.717, 1.165) is 19.4 Å². The molecule has 1 rings (SSSR count). The molecule has 0 saturated carbocycles. The first kappa shape index (κ1) is 10.9. The molecule has 1 heterocycles. The van der Waals surface area contributed by atoms with Gasteiger partial charge in [-0.05, 0) is 19.3 Å². The van der Waals surface area contributed by atoms with Crippen LogP contribution < -0.4 is 0 Å². The zero-order valence-electron chi connectivity index (χ0n) is 8.33. The molecule has 76 valence electrons. The first-order chi connectivity index (χ1) is 6.29. The third kappa shape index (κ3) is 2.90. The minimum absolute atomic E-state index is 0.206. The Morgan fingerprint density at radius 1 is 1.46 bits per heavy atom. The highest BCUT2D eigenvalue weighted by Gasteiger charge is 2.22. The smallest absolute Gasteiger partial charge is 0.232 e. The normalized spacial score (nSPS) is 24.2. The van der Waals surface area contributed by atoms with Gasteiger partial charge >= 0.3 is 0 Å². The molecule has 3 heteroatoms. The molecule has 1 unspecified atom stereocenters. The predicted octanol–water partition coefficient (Wildman–Crippen LogP) is 2.10. The van der Waals surface area contributed by atoms with Crippen LogP contribution in [0.15, 0.2) is 0 Å². The summed E-state index contributed by atoms with van der Waals surface area (Å²) in [5, 5.41) is 0. The summed E-state index contributed by atoms with van der Waals surface area (Å²) in [6, 6.07) is 0.474. The quantitative estimate of drug-likeness (QED) is 0.678. The number of rotatable bonds is 2. The maximum Gasteiger partial charge on any atom is 0.232 e. The minimum Gasteiger partial charge on any atom is -0.339 e. The van der Waals surface area contributed by atoms with E-state index < -0.39 is 0 Å². The average molecular weight is 201 g/mol. The fourth-order valence-corrected chi connectivity index (χ4v) is 2.20. The van der Waals surface area contributed by atoms with E-state index in [4.69, 9.17) is 0 Å². The van der Waals surface area contributed by atoms with Gasteiger partial charge in [-0.3, -0.25) is 4.79 Å². The molecule has 1 fully saturated rings. The van der Waals surface area contributed by atoms with Gasteiger partial charge in [-0.25, -0.2) is 0 Å². The number of hydrogen-bond acceptors (Lipinski definition) is 2. The van der Waals surface area contributed by atoms with Crippen molar-refractivity contribution in [2.45, 2.75) is 45.1 Å². The highest BCUT2D eigenvalue weighted by atomic mass is 32.1. The molecule has 1 aliphatic rings. The number of hydrogen-bond donors (Lipinski definition) is 1. The van der Waals surface area contributed by atoms with Crippen LogP contribution in [0, 0.1) is 0 Å². The van der Waals surface area contributed by atoms with Crippen molar-refractivity contribution >= 4 is 18.5 Å². The summed E-state index contributed by atoms with van der Waals surface area (Å²) in [6.45, 7) is 3.10. The molecule has 0 radical (unpaired) electrons. The van der Waals surface area contributed by atoms with Crippen molar-refractivity contribution in [2.75, 3.05) is 12.3 Å². The topological polar surface area (TPSA) is 20.3 Å². The SMILES string of the molecule is CCC1CCCCCN1C(=O)CS. The molecule has 0 aliphatic carbocycles. The van der Waals surface area contributed by atoms with Gasteiger partial charge in [0.05, 0.1) is 5.75 Å². The molecule has 0 spiro atoms. The van der Waals surface area contributed by atoms with Crippen molar-refractivity contribution in [1.29, 1.82) is 0 Å². The van der Waals surface area contributed by atoms with Gasteiger partial charge in [-0.2, -0.15) is 12.6 Å². The molecule has 1 amide bonds. The Bertz CT molecular complexity index is 172. The Morgan fingerprint density at radius 2 is 2.23 bits per heavy atom. The highest BCUT2D eigenvalue weighted by Crippen LogP contribution is 2.19. The van der Waals surface area contributed by atoms with Crippen LogP contribution in [0.2, 0.25) is 0 Å². The molecule has 0 aromatic rings. The Labute approximate surface area is 86.1 Å². The van der Waals surface area contributed by atoms with Gasteiger partial charge in [0.2, 0.25) is 5.91 Å². The number of carbonyl (C=O) groups excluding carboxylic acids is 1. The summed E-state index contributed by atoms with van der Waals surface area (Å²) in [5.74, 6) is 0.563. The van der Waals surface area contributed by atoms with E-state index >= 15 is 0 Å². The summed E-state index contributed by atoms with van der Waals surface area (Å²) in [4.78, 5) is 13.6. The van der Waals surface area contributed by atoms with Crippen LogP contribution in [0.4, 0.5) is 0 Å². The van der Waals surface area contributed by atoms with Gasteiger partial charge in [-0.1, -0.05) is 19.8 Å². The average Bonchev–Trinajstić information content (AvgIpc) is 2.41. The van der Waals surface area contributed by atoms with Crippen molar-refractivity contribution in [3.05, 3.63) is 0 Å². The summed E-state index contributed by atoms with van der Waals surface area (Å²) in [5.41, 5.74) is 0. The monoisotopic (exact) mass is 201 g/mol. The maximum atomic E-state index is 11.5. The van der Waals surface area contributed by atoms with Gasteiger partial charge in [0.1, 0.15) is 0 Å². The van der Waals surface area contributed by atoms with Crippen molar-refractivity contribution < 1.29 is 4.79 Å². The number of likely N-dealkylation sites (tertiary alicyclic amines) is 1. The van der Waals surface area contributed by atoms with E-state index in [1.54, 1.807) is 0 Å². The van der Waals surface area contributed by atoms with Gasteiger partial charge in [-0.15, -0.1) is 0 Å². The number of carbonyl (C=O) groups is 1. The van der Waals surface area contributed by atoms with E-state index in [1.807, 2.05) is 4.90 Å². The summed E-state index contributed by atoms with van der Waals surface area (Å²) in [6.07, 6.45) is 5.97. The first-order valence-corrected chi connectivity index (χ1v) is 5.83. The van der Waals surface area contributed by atoms with Crippen molar-refractivity contribution in [3.63, 3.8) is 0 Å². The van der Waals surface area contributed by atoms with Crippen LogP contribution in [-0.2, 0) is 4.79 Å². The lowest BCUT2D eigenvalue weighted by atomic mass is 10.1. The lowest BCUT2D eigenvalue weighted by Crippen LogP contribution is -2.40. The lowest BCUT2D eigenvalue weighted by Gasteiger charge is -2.28. The van der Waals surface area contributed by atoms with E-state index in [1.165, 1.54) is 19.3 Å². The first-order valence-electron chi connectivity index (χ1n) is 5.20. The Kier molecular flexibility index (Phi) is 4.64. The lowest BCUT2D eigenvalue weighted by molar-refractivity contribution is -0.130. The molecule has 0 aromatic heterocycles. The zero-order valence-corrected chi connectivity index (χ0v) is 9.22.